The molecule has 2 fully saturated rings. The molecule has 2 aliphatic carbocycles. The largest absolute Gasteiger partial charge is 0.356 e. The number of aromatic nitrogens is 1. The van der Waals surface area contributed by atoms with Gasteiger partial charge in [-0.1, -0.05) is 12.8 Å². The van der Waals surface area contributed by atoms with E-state index in [0.29, 0.717) is 6.42 Å². The van der Waals surface area contributed by atoms with Gasteiger partial charge in [-0.15, -0.1) is 0 Å². The number of carbonyl (C=O) groups excluding carboxylic acids is 1. The normalized spacial score (nSPS) is 27.6. The van der Waals surface area contributed by atoms with Crippen LogP contribution in [0.2, 0.25) is 0 Å². The SMILES string of the molecule is Cc1cc(CC(=O)NC[C@H]2CC[C@@H]3CCC[C@@H]32)cc(C)n1. The van der Waals surface area contributed by atoms with Crippen molar-refractivity contribution in [2.75, 3.05) is 6.54 Å². The van der Waals surface area contributed by atoms with Crippen molar-refractivity contribution in [3.63, 3.8) is 0 Å². The number of pyridine rings is 1. The molecule has 3 atom stereocenters. The van der Waals surface area contributed by atoms with Crippen LogP contribution in [0, 0.1) is 31.6 Å². The van der Waals surface area contributed by atoms with Crippen LogP contribution >= 0.6 is 0 Å². The summed E-state index contributed by atoms with van der Waals surface area (Å²) in [6.07, 6.45) is 7.37. The van der Waals surface area contributed by atoms with Crippen LogP contribution in [0.5, 0.6) is 0 Å². The van der Waals surface area contributed by atoms with E-state index in [1.165, 1.54) is 32.1 Å². The van der Waals surface area contributed by atoms with Gasteiger partial charge >= 0.3 is 0 Å². The number of carbonyl (C=O) groups is 1. The van der Waals surface area contributed by atoms with Crippen LogP contribution in [0.4, 0.5) is 0 Å². The zero-order valence-electron chi connectivity index (χ0n) is 13.2. The van der Waals surface area contributed by atoms with Crippen LogP contribution in [0.15, 0.2) is 12.1 Å². The summed E-state index contributed by atoms with van der Waals surface area (Å²) in [5.41, 5.74) is 3.05. The molecule has 3 nitrogen and oxygen atoms in total. The van der Waals surface area contributed by atoms with E-state index in [1.807, 2.05) is 26.0 Å². The van der Waals surface area contributed by atoms with Gasteiger partial charge in [0.25, 0.3) is 0 Å². The molecular weight excluding hydrogens is 260 g/mol. The second kappa shape index (κ2) is 6.17. The minimum atomic E-state index is 0.154. The zero-order valence-corrected chi connectivity index (χ0v) is 13.2. The molecule has 1 N–H and O–H groups in total. The molecule has 2 saturated carbocycles. The maximum atomic E-state index is 12.2. The van der Waals surface area contributed by atoms with Crippen molar-refractivity contribution < 1.29 is 4.79 Å². The van der Waals surface area contributed by atoms with Crippen molar-refractivity contribution in [1.82, 2.24) is 10.3 Å². The molecule has 3 heteroatoms. The summed E-state index contributed by atoms with van der Waals surface area (Å²) in [4.78, 5) is 16.5. The van der Waals surface area contributed by atoms with Crippen LogP contribution in [0.1, 0.15) is 49.1 Å². The highest BCUT2D eigenvalue weighted by Crippen LogP contribution is 2.47. The highest BCUT2D eigenvalue weighted by atomic mass is 16.1. The number of amides is 1. The number of nitrogens with one attached hydrogen (secondary N) is 1. The fraction of sp³-hybridized carbons (Fsp3) is 0.667. The number of rotatable bonds is 4. The summed E-state index contributed by atoms with van der Waals surface area (Å²) in [7, 11) is 0. The quantitative estimate of drug-likeness (QED) is 0.923. The fourth-order valence-electron chi connectivity index (χ4n) is 4.46. The Morgan fingerprint density at radius 2 is 1.95 bits per heavy atom. The van der Waals surface area contributed by atoms with Crippen molar-refractivity contribution in [1.29, 1.82) is 0 Å². The fourth-order valence-corrected chi connectivity index (χ4v) is 4.46. The van der Waals surface area contributed by atoms with Crippen molar-refractivity contribution in [2.24, 2.45) is 17.8 Å². The molecule has 3 rings (SSSR count). The molecule has 21 heavy (non-hydrogen) atoms. The van der Waals surface area contributed by atoms with Gasteiger partial charge in [-0.2, -0.15) is 0 Å². The molecule has 1 aromatic heterocycles. The van der Waals surface area contributed by atoms with Crippen molar-refractivity contribution in [2.45, 2.75) is 52.4 Å². The second-order valence-electron chi connectivity index (χ2n) is 6.93. The van der Waals surface area contributed by atoms with Crippen LogP contribution in [0.3, 0.4) is 0 Å². The van der Waals surface area contributed by atoms with Crippen LogP contribution in [0.25, 0.3) is 0 Å². The monoisotopic (exact) mass is 286 g/mol. The molecule has 114 valence electrons. The first-order valence-electron chi connectivity index (χ1n) is 8.32. The first-order chi connectivity index (χ1) is 10.1. The Labute approximate surface area is 127 Å². The average molecular weight is 286 g/mol. The summed E-state index contributed by atoms with van der Waals surface area (Å²) in [6.45, 7) is 4.84. The highest BCUT2D eigenvalue weighted by Gasteiger charge is 2.38. The lowest BCUT2D eigenvalue weighted by Crippen LogP contribution is -2.32. The molecule has 1 amide bonds. The van der Waals surface area contributed by atoms with Crippen molar-refractivity contribution >= 4 is 5.91 Å². The van der Waals surface area contributed by atoms with E-state index in [9.17, 15) is 4.79 Å². The van der Waals surface area contributed by atoms with E-state index in [-0.39, 0.29) is 5.91 Å². The van der Waals surface area contributed by atoms with Crippen molar-refractivity contribution in [3.8, 4) is 0 Å². The Hall–Kier alpha value is -1.38. The van der Waals surface area contributed by atoms with Gasteiger partial charge in [-0.25, -0.2) is 0 Å². The van der Waals surface area contributed by atoms with E-state index in [4.69, 9.17) is 0 Å². The molecule has 1 heterocycles. The predicted molar refractivity (Wildman–Crippen MR) is 84.0 cm³/mol. The summed E-state index contributed by atoms with van der Waals surface area (Å²) < 4.78 is 0. The second-order valence-corrected chi connectivity index (χ2v) is 6.93. The van der Waals surface area contributed by atoms with E-state index in [2.05, 4.69) is 10.3 Å². The minimum absolute atomic E-state index is 0.154. The van der Waals surface area contributed by atoms with Crippen LogP contribution < -0.4 is 5.32 Å². The molecule has 0 unspecified atom stereocenters. The first-order valence-corrected chi connectivity index (χ1v) is 8.32. The maximum absolute atomic E-state index is 12.2. The lowest BCUT2D eigenvalue weighted by Gasteiger charge is -2.19. The molecule has 0 aromatic carbocycles. The van der Waals surface area contributed by atoms with E-state index >= 15 is 0 Å². The number of aryl methyl sites for hydroxylation is 2. The number of nitrogens with zero attached hydrogens (tertiary/aromatic N) is 1. The van der Waals surface area contributed by atoms with Gasteiger partial charge in [0.05, 0.1) is 6.42 Å². The third-order valence-corrected chi connectivity index (χ3v) is 5.30. The van der Waals surface area contributed by atoms with Crippen LogP contribution in [-0.4, -0.2) is 17.4 Å². The van der Waals surface area contributed by atoms with Crippen molar-refractivity contribution in [3.05, 3.63) is 29.1 Å². The average Bonchev–Trinajstić information content (AvgIpc) is 2.98. The van der Waals surface area contributed by atoms with Gasteiger partial charge < -0.3 is 5.32 Å². The Bertz CT molecular complexity index is 506. The van der Waals surface area contributed by atoms with Gasteiger partial charge in [0.15, 0.2) is 0 Å². The summed E-state index contributed by atoms with van der Waals surface area (Å²) in [6, 6.07) is 4.02. The number of hydrogen-bond donors (Lipinski definition) is 1. The molecule has 0 spiro atoms. The van der Waals surface area contributed by atoms with Gasteiger partial charge in [0.2, 0.25) is 5.91 Å². The molecule has 0 bridgehead atoms. The molecule has 1 aromatic rings. The summed E-state index contributed by atoms with van der Waals surface area (Å²) >= 11 is 0. The smallest absolute Gasteiger partial charge is 0.224 e. The van der Waals surface area contributed by atoms with Gasteiger partial charge in [-0.05, 0) is 68.6 Å². The van der Waals surface area contributed by atoms with E-state index in [0.717, 1.165) is 41.2 Å². The maximum Gasteiger partial charge on any atom is 0.224 e. The number of fused-ring (bicyclic) bond motifs is 1. The Morgan fingerprint density at radius 1 is 1.19 bits per heavy atom. The highest BCUT2D eigenvalue weighted by molar-refractivity contribution is 5.78. The van der Waals surface area contributed by atoms with Gasteiger partial charge in [0.1, 0.15) is 0 Å². The Kier molecular flexibility index (Phi) is 4.27. The summed E-state index contributed by atoms with van der Waals surface area (Å²) in [5.74, 6) is 2.72. The molecule has 2 aliphatic rings. The Balaban J connectivity index is 1.50. The molecular formula is C18H26N2O. The summed E-state index contributed by atoms with van der Waals surface area (Å²) in [5, 5.41) is 3.17. The topological polar surface area (TPSA) is 42.0 Å². The lowest BCUT2D eigenvalue weighted by atomic mass is 9.92. The standard InChI is InChI=1S/C18H26N2O/c1-12-8-14(9-13(2)20-12)10-18(21)19-11-16-7-6-15-4-3-5-17(15)16/h8-9,15-17H,3-7,10-11H2,1-2H3,(H,19,21)/t15-,16+,17-/m0/s1. The first kappa shape index (κ1) is 14.6. The molecule has 0 aliphatic heterocycles. The predicted octanol–water partition coefficient (Wildman–Crippen LogP) is 3.18. The molecule has 0 radical (unpaired) electrons. The Morgan fingerprint density at radius 3 is 2.71 bits per heavy atom. The van der Waals surface area contributed by atoms with Gasteiger partial charge in [-0.3, -0.25) is 9.78 Å². The zero-order chi connectivity index (χ0) is 14.8. The number of hydrogen-bond acceptors (Lipinski definition) is 2. The van der Waals surface area contributed by atoms with E-state index in [1.54, 1.807) is 0 Å². The minimum Gasteiger partial charge on any atom is -0.356 e. The molecule has 0 saturated heterocycles. The third-order valence-electron chi connectivity index (χ3n) is 5.30. The van der Waals surface area contributed by atoms with Gasteiger partial charge in [0, 0.05) is 17.9 Å². The van der Waals surface area contributed by atoms with E-state index < -0.39 is 0 Å². The lowest BCUT2D eigenvalue weighted by molar-refractivity contribution is -0.120. The van der Waals surface area contributed by atoms with Crippen LogP contribution in [-0.2, 0) is 11.2 Å². The third kappa shape index (κ3) is 3.45.